The topological polar surface area (TPSA) is 48.1 Å². The van der Waals surface area contributed by atoms with Crippen molar-refractivity contribution < 1.29 is 4.74 Å². The molecule has 0 radical (unpaired) electrons. The van der Waals surface area contributed by atoms with E-state index in [9.17, 15) is 0 Å². The van der Waals surface area contributed by atoms with Gasteiger partial charge >= 0.3 is 0 Å². The Balaban J connectivity index is 1.99. The van der Waals surface area contributed by atoms with Crippen LogP contribution in [-0.4, -0.2) is 24.7 Å². The molecule has 19 heavy (non-hydrogen) atoms. The smallest absolute Gasteiger partial charge is 0.123 e. The molecule has 1 aliphatic heterocycles. The number of hydrogen-bond acceptors (Lipinski definition) is 4. The fourth-order valence-corrected chi connectivity index (χ4v) is 3.57. The Labute approximate surface area is 124 Å². The highest BCUT2D eigenvalue weighted by Crippen LogP contribution is 2.36. The van der Waals surface area contributed by atoms with Crippen LogP contribution in [0, 0.1) is 6.92 Å². The van der Waals surface area contributed by atoms with Crippen LogP contribution in [0.4, 0.5) is 0 Å². The standard InChI is InChI=1S/C14H15BrN2OS/c1-9-2-3-10(15)4-11(9)13-17-12(5-19-13)14(6-16)7-18-8-14/h2-5H,6-8,16H2,1H3. The molecule has 3 rings (SSSR count). The van der Waals surface area contributed by atoms with Crippen LogP contribution in [0.2, 0.25) is 0 Å². The highest BCUT2D eigenvalue weighted by atomic mass is 79.9. The predicted octanol–water partition coefficient (Wildman–Crippen LogP) is 3.11. The summed E-state index contributed by atoms with van der Waals surface area (Å²) in [5.41, 5.74) is 9.30. The number of nitrogens with two attached hydrogens (primary N) is 1. The monoisotopic (exact) mass is 338 g/mol. The zero-order valence-electron chi connectivity index (χ0n) is 10.6. The predicted molar refractivity (Wildman–Crippen MR) is 81.5 cm³/mol. The van der Waals surface area contributed by atoms with Crippen molar-refractivity contribution in [3.8, 4) is 10.6 Å². The van der Waals surface area contributed by atoms with E-state index in [0.29, 0.717) is 19.8 Å². The molecular weight excluding hydrogens is 324 g/mol. The Hall–Kier alpha value is -0.750. The van der Waals surface area contributed by atoms with E-state index in [1.165, 1.54) is 11.1 Å². The van der Waals surface area contributed by atoms with Crippen molar-refractivity contribution in [2.24, 2.45) is 5.73 Å². The minimum Gasteiger partial charge on any atom is -0.379 e. The van der Waals surface area contributed by atoms with Gasteiger partial charge in [0.1, 0.15) is 5.01 Å². The molecule has 3 nitrogen and oxygen atoms in total. The largest absolute Gasteiger partial charge is 0.379 e. The summed E-state index contributed by atoms with van der Waals surface area (Å²) < 4.78 is 6.39. The SMILES string of the molecule is Cc1ccc(Br)cc1-c1nc(C2(CN)COC2)cs1. The summed E-state index contributed by atoms with van der Waals surface area (Å²) in [5, 5.41) is 3.17. The van der Waals surface area contributed by atoms with E-state index in [0.717, 1.165) is 15.2 Å². The first-order valence-corrected chi connectivity index (χ1v) is 7.82. The number of aromatic nitrogens is 1. The van der Waals surface area contributed by atoms with Crippen LogP contribution < -0.4 is 5.73 Å². The molecule has 1 fully saturated rings. The maximum Gasteiger partial charge on any atom is 0.123 e. The van der Waals surface area contributed by atoms with Gasteiger partial charge in [-0.05, 0) is 24.6 Å². The van der Waals surface area contributed by atoms with E-state index in [4.69, 9.17) is 15.5 Å². The molecular formula is C14H15BrN2OS. The second-order valence-corrected chi connectivity index (χ2v) is 6.75. The fraction of sp³-hybridized carbons (Fsp3) is 0.357. The molecule has 0 saturated carbocycles. The second-order valence-electron chi connectivity index (χ2n) is 4.97. The van der Waals surface area contributed by atoms with Gasteiger partial charge in [0.2, 0.25) is 0 Å². The first kappa shape index (κ1) is 13.2. The van der Waals surface area contributed by atoms with Crippen molar-refractivity contribution in [1.29, 1.82) is 0 Å². The lowest BCUT2D eigenvalue weighted by atomic mass is 9.83. The van der Waals surface area contributed by atoms with Gasteiger partial charge in [-0.15, -0.1) is 11.3 Å². The normalized spacial score (nSPS) is 17.2. The van der Waals surface area contributed by atoms with Gasteiger partial charge in [-0.2, -0.15) is 0 Å². The van der Waals surface area contributed by atoms with Crippen LogP contribution in [0.3, 0.4) is 0 Å². The number of nitrogens with zero attached hydrogens (tertiary/aromatic N) is 1. The van der Waals surface area contributed by atoms with E-state index in [1.54, 1.807) is 11.3 Å². The van der Waals surface area contributed by atoms with E-state index in [-0.39, 0.29) is 5.41 Å². The molecule has 0 aliphatic carbocycles. The van der Waals surface area contributed by atoms with E-state index >= 15 is 0 Å². The minimum absolute atomic E-state index is 0.0608. The number of benzene rings is 1. The lowest BCUT2D eigenvalue weighted by Crippen LogP contribution is -2.52. The van der Waals surface area contributed by atoms with Crippen LogP contribution >= 0.6 is 27.3 Å². The Kier molecular flexibility index (Phi) is 3.47. The Morgan fingerprint density at radius 2 is 2.26 bits per heavy atom. The Morgan fingerprint density at radius 1 is 1.47 bits per heavy atom. The van der Waals surface area contributed by atoms with Gasteiger partial charge < -0.3 is 10.5 Å². The number of rotatable bonds is 3. The van der Waals surface area contributed by atoms with Crippen LogP contribution in [0.15, 0.2) is 28.1 Å². The van der Waals surface area contributed by atoms with Crippen molar-refractivity contribution in [3.05, 3.63) is 39.3 Å². The number of aryl methyl sites for hydroxylation is 1. The van der Waals surface area contributed by atoms with Gasteiger partial charge in [0.15, 0.2) is 0 Å². The van der Waals surface area contributed by atoms with Crippen molar-refractivity contribution in [2.45, 2.75) is 12.3 Å². The molecule has 1 aromatic carbocycles. The van der Waals surface area contributed by atoms with Crippen molar-refractivity contribution in [3.63, 3.8) is 0 Å². The van der Waals surface area contributed by atoms with Gasteiger partial charge in [0.05, 0.1) is 24.3 Å². The maximum atomic E-state index is 5.88. The molecule has 2 aromatic rings. The zero-order valence-corrected chi connectivity index (χ0v) is 13.1. The molecule has 0 spiro atoms. The molecule has 2 N–H and O–H groups in total. The first-order chi connectivity index (χ1) is 9.14. The van der Waals surface area contributed by atoms with Gasteiger partial charge in [-0.1, -0.05) is 22.0 Å². The maximum absolute atomic E-state index is 5.88. The third-order valence-electron chi connectivity index (χ3n) is 3.63. The highest BCUT2D eigenvalue weighted by molar-refractivity contribution is 9.10. The third kappa shape index (κ3) is 2.25. The summed E-state index contributed by atoms with van der Waals surface area (Å²) in [5.74, 6) is 0. The lowest BCUT2D eigenvalue weighted by Gasteiger charge is -2.39. The summed E-state index contributed by atoms with van der Waals surface area (Å²) in [6.07, 6.45) is 0. The number of hydrogen-bond donors (Lipinski definition) is 1. The summed E-state index contributed by atoms with van der Waals surface area (Å²) in [6, 6.07) is 6.27. The molecule has 100 valence electrons. The molecule has 0 amide bonds. The first-order valence-electron chi connectivity index (χ1n) is 6.15. The molecule has 1 saturated heterocycles. The average molecular weight is 339 g/mol. The quantitative estimate of drug-likeness (QED) is 0.935. The van der Waals surface area contributed by atoms with Gasteiger partial charge in [-0.25, -0.2) is 4.98 Å². The zero-order chi connectivity index (χ0) is 13.5. The number of thiazole rings is 1. The third-order valence-corrected chi connectivity index (χ3v) is 4.99. The molecule has 0 unspecified atom stereocenters. The number of halogens is 1. The van der Waals surface area contributed by atoms with E-state index < -0.39 is 0 Å². The Bertz CT molecular complexity index is 602. The second kappa shape index (κ2) is 4.98. The van der Waals surface area contributed by atoms with Crippen molar-refractivity contribution in [2.75, 3.05) is 19.8 Å². The fourth-order valence-electron chi connectivity index (χ4n) is 2.18. The summed E-state index contributed by atoms with van der Waals surface area (Å²) in [7, 11) is 0. The van der Waals surface area contributed by atoms with Crippen LogP contribution in [0.5, 0.6) is 0 Å². The highest BCUT2D eigenvalue weighted by Gasteiger charge is 2.41. The Morgan fingerprint density at radius 3 is 2.89 bits per heavy atom. The summed E-state index contributed by atoms with van der Waals surface area (Å²) in [4.78, 5) is 4.79. The van der Waals surface area contributed by atoms with Gasteiger partial charge in [0.25, 0.3) is 0 Å². The van der Waals surface area contributed by atoms with Gasteiger partial charge in [-0.3, -0.25) is 0 Å². The minimum atomic E-state index is -0.0608. The molecule has 2 heterocycles. The molecule has 5 heteroatoms. The molecule has 1 aliphatic rings. The van der Waals surface area contributed by atoms with Crippen molar-refractivity contribution in [1.82, 2.24) is 4.98 Å². The molecule has 0 bridgehead atoms. The summed E-state index contributed by atoms with van der Waals surface area (Å²) >= 11 is 5.19. The average Bonchev–Trinajstić information content (AvgIpc) is 2.81. The van der Waals surface area contributed by atoms with Crippen LogP contribution in [0.25, 0.3) is 10.6 Å². The molecule has 0 atom stereocenters. The lowest BCUT2D eigenvalue weighted by molar-refractivity contribution is -0.0568. The number of ether oxygens (including phenoxy) is 1. The molecule has 1 aromatic heterocycles. The van der Waals surface area contributed by atoms with E-state index in [1.807, 2.05) is 0 Å². The summed E-state index contributed by atoms with van der Waals surface area (Å²) in [6.45, 7) is 4.07. The van der Waals surface area contributed by atoms with Crippen LogP contribution in [0.1, 0.15) is 11.3 Å². The van der Waals surface area contributed by atoms with Crippen molar-refractivity contribution >= 4 is 27.3 Å². The van der Waals surface area contributed by atoms with E-state index in [2.05, 4.69) is 46.4 Å². The van der Waals surface area contributed by atoms with Crippen LogP contribution in [-0.2, 0) is 10.2 Å². The van der Waals surface area contributed by atoms with Gasteiger partial charge in [0, 0.05) is 22.0 Å².